The SMILES string of the molecule is c1ccc([C@@H]2CCCN2Cc2cnc(N3CCCC3)nc2)nc1. The summed E-state index contributed by atoms with van der Waals surface area (Å²) in [5, 5.41) is 0. The second kappa shape index (κ2) is 6.62. The molecule has 120 valence electrons. The minimum atomic E-state index is 0.425. The van der Waals surface area contributed by atoms with Gasteiger partial charge in [0.2, 0.25) is 5.95 Å². The van der Waals surface area contributed by atoms with Crippen LogP contribution in [0.3, 0.4) is 0 Å². The summed E-state index contributed by atoms with van der Waals surface area (Å²) in [4.78, 5) is 18.5. The van der Waals surface area contributed by atoms with Gasteiger partial charge >= 0.3 is 0 Å². The van der Waals surface area contributed by atoms with Crippen molar-refractivity contribution in [3.63, 3.8) is 0 Å². The van der Waals surface area contributed by atoms with E-state index in [9.17, 15) is 0 Å². The first kappa shape index (κ1) is 14.6. The summed E-state index contributed by atoms with van der Waals surface area (Å²) in [5.74, 6) is 0.883. The molecule has 0 spiro atoms. The maximum Gasteiger partial charge on any atom is 0.225 e. The van der Waals surface area contributed by atoms with E-state index in [1.54, 1.807) is 0 Å². The number of anilines is 1. The molecule has 0 saturated carbocycles. The molecule has 0 N–H and O–H groups in total. The maximum absolute atomic E-state index is 4.57. The molecule has 2 saturated heterocycles. The monoisotopic (exact) mass is 309 g/mol. The number of likely N-dealkylation sites (tertiary alicyclic amines) is 1. The van der Waals surface area contributed by atoms with Crippen LogP contribution < -0.4 is 4.90 Å². The van der Waals surface area contributed by atoms with Gasteiger partial charge < -0.3 is 4.90 Å². The molecule has 2 fully saturated rings. The highest BCUT2D eigenvalue weighted by molar-refractivity contribution is 5.31. The highest BCUT2D eigenvalue weighted by Gasteiger charge is 2.27. The Labute approximate surface area is 137 Å². The smallest absolute Gasteiger partial charge is 0.225 e. The van der Waals surface area contributed by atoms with Gasteiger partial charge in [0.1, 0.15) is 0 Å². The third-order valence-electron chi connectivity index (χ3n) is 4.86. The van der Waals surface area contributed by atoms with Gasteiger partial charge in [0.25, 0.3) is 0 Å². The van der Waals surface area contributed by atoms with Gasteiger partial charge in [-0.2, -0.15) is 0 Å². The normalized spacial score (nSPS) is 21.9. The van der Waals surface area contributed by atoms with E-state index in [0.717, 1.165) is 32.1 Å². The summed E-state index contributed by atoms with van der Waals surface area (Å²) in [5.41, 5.74) is 2.37. The Morgan fingerprint density at radius 3 is 2.52 bits per heavy atom. The first-order valence-corrected chi connectivity index (χ1v) is 8.61. The summed E-state index contributed by atoms with van der Waals surface area (Å²) < 4.78 is 0. The lowest BCUT2D eigenvalue weighted by molar-refractivity contribution is 0.244. The van der Waals surface area contributed by atoms with Crippen molar-refractivity contribution in [1.29, 1.82) is 0 Å². The highest BCUT2D eigenvalue weighted by Crippen LogP contribution is 2.31. The van der Waals surface area contributed by atoms with Crippen molar-refractivity contribution in [3.8, 4) is 0 Å². The zero-order valence-corrected chi connectivity index (χ0v) is 13.4. The van der Waals surface area contributed by atoms with Crippen molar-refractivity contribution in [2.24, 2.45) is 0 Å². The Morgan fingerprint density at radius 2 is 1.78 bits per heavy atom. The van der Waals surface area contributed by atoms with Crippen LogP contribution in [-0.4, -0.2) is 39.5 Å². The summed E-state index contributed by atoms with van der Waals surface area (Å²) in [6, 6.07) is 6.62. The molecule has 5 heteroatoms. The van der Waals surface area contributed by atoms with Crippen LogP contribution in [0.2, 0.25) is 0 Å². The third kappa shape index (κ3) is 3.20. The zero-order valence-electron chi connectivity index (χ0n) is 13.4. The van der Waals surface area contributed by atoms with Gasteiger partial charge in [-0.15, -0.1) is 0 Å². The van der Waals surface area contributed by atoms with Gasteiger partial charge in [0.05, 0.1) is 11.7 Å². The van der Waals surface area contributed by atoms with E-state index >= 15 is 0 Å². The molecule has 23 heavy (non-hydrogen) atoms. The Hall–Kier alpha value is -2.01. The Morgan fingerprint density at radius 1 is 0.957 bits per heavy atom. The lowest BCUT2D eigenvalue weighted by Gasteiger charge is -2.24. The standard InChI is InChI=1S/C18H23N5/c1-2-8-19-16(6-1)17-7-5-11-23(17)14-15-12-20-18(21-13-15)22-9-3-4-10-22/h1-2,6,8,12-13,17H,3-5,7,9-11,14H2/t17-/m0/s1. The molecule has 0 radical (unpaired) electrons. The van der Waals surface area contributed by atoms with E-state index in [4.69, 9.17) is 0 Å². The Balaban J connectivity index is 1.44. The Kier molecular flexibility index (Phi) is 4.20. The van der Waals surface area contributed by atoms with E-state index < -0.39 is 0 Å². The van der Waals surface area contributed by atoms with Crippen molar-refractivity contribution >= 4 is 5.95 Å². The first-order valence-electron chi connectivity index (χ1n) is 8.61. The fourth-order valence-corrected chi connectivity index (χ4v) is 3.67. The predicted octanol–water partition coefficient (Wildman–Crippen LogP) is 2.81. The summed E-state index contributed by atoms with van der Waals surface area (Å²) in [7, 11) is 0. The van der Waals surface area contributed by atoms with Gasteiger partial charge in [-0.1, -0.05) is 6.07 Å². The molecular formula is C18H23N5. The van der Waals surface area contributed by atoms with E-state index in [0.29, 0.717) is 6.04 Å². The molecule has 4 heterocycles. The van der Waals surface area contributed by atoms with E-state index in [1.165, 1.54) is 36.9 Å². The van der Waals surface area contributed by atoms with Crippen LogP contribution in [0, 0.1) is 0 Å². The largest absolute Gasteiger partial charge is 0.341 e. The lowest BCUT2D eigenvalue weighted by Crippen LogP contribution is -2.24. The van der Waals surface area contributed by atoms with Gasteiger partial charge in [-0.05, 0) is 44.4 Å². The molecule has 0 aliphatic carbocycles. The van der Waals surface area contributed by atoms with Gasteiger partial charge in [0, 0.05) is 43.8 Å². The van der Waals surface area contributed by atoms with Crippen LogP contribution in [0.1, 0.15) is 43.0 Å². The highest BCUT2D eigenvalue weighted by atomic mass is 15.3. The van der Waals surface area contributed by atoms with Crippen molar-refractivity contribution in [2.75, 3.05) is 24.5 Å². The second-order valence-electron chi connectivity index (χ2n) is 6.47. The van der Waals surface area contributed by atoms with Crippen LogP contribution in [0.5, 0.6) is 0 Å². The number of pyridine rings is 1. The fourth-order valence-electron chi connectivity index (χ4n) is 3.67. The van der Waals surface area contributed by atoms with Crippen LogP contribution in [-0.2, 0) is 6.54 Å². The molecule has 4 rings (SSSR count). The van der Waals surface area contributed by atoms with Crippen molar-refractivity contribution < 1.29 is 0 Å². The Bertz CT molecular complexity index is 622. The maximum atomic E-state index is 4.57. The minimum Gasteiger partial charge on any atom is -0.341 e. The van der Waals surface area contributed by atoms with Crippen LogP contribution >= 0.6 is 0 Å². The van der Waals surface area contributed by atoms with E-state index in [1.807, 2.05) is 24.7 Å². The first-order chi connectivity index (χ1) is 11.4. The number of aromatic nitrogens is 3. The molecule has 2 aromatic rings. The fraction of sp³-hybridized carbons (Fsp3) is 0.500. The molecule has 2 aliphatic heterocycles. The third-order valence-corrected chi connectivity index (χ3v) is 4.86. The second-order valence-corrected chi connectivity index (χ2v) is 6.47. The van der Waals surface area contributed by atoms with E-state index in [2.05, 4.69) is 36.9 Å². The van der Waals surface area contributed by atoms with Gasteiger partial charge in [0.15, 0.2) is 0 Å². The van der Waals surface area contributed by atoms with Crippen molar-refractivity contribution in [2.45, 2.75) is 38.3 Å². The topological polar surface area (TPSA) is 45.2 Å². The van der Waals surface area contributed by atoms with Crippen molar-refractivity contribution in [3.05, 3.63) is 48.0 Å². The van der Waals surface area contributed by atoms with Gasteiger partial charge in [-0.3, -0.25) is 9.88 Å². The van der Waals surface area contributed by atoms with Crippen LogP contribution in [0.25, 0.3) is 0 Å². The lowest BCUT2D eigenvalue weighted by atomic mass is 10.1. The molecule has 0 bridgehead atoms. The average Bonchev–Trinajstić information content (AvgIpc) is 3.28. The molecule has 0 aromatic carbocycles. The molecule has 5 nitrogen and oxygen atoms in total. The molecule has 1 atom stereocenters. The average molecular weight is 309 g/mol. The van der Waals surface area contributed by atoms with E-state index in [-0.39, 0.29) is 0 Å². The van der Waals surface area contributed by atoms with Crippen LogP contribution in [0.15, 0.2) is 36.8 Å². The molecular weight excluding hydrogens is 286 g/mol. The quantitative estimate of drug-likeness (QED) is 0.869. The van der Waals surface area contributed by atoms with Gasteiger partial charge in [-0.25, -0.2) is 9.97 Å². The molecule has 2 aromatic heterocycles. The minimum absolute atomic E-state index is 0.425. The van der Waals surface area contributed by atoms with Crippen molar-refractivity contribution in [1.82, 2.24) is 19.9 Å². The predicted molar refractivity (Wildman–Crippen MR) is 90.1 cm³/mol. The zero-order chi connectivity index (χ0) is 15.5. The number of hydrogen-bond donors (Lipinski definition) is 0. The summed E-state index contributed by atoms with van der Waals surface area (Å²) >= 11 is 0. The summed E-state index contributed by atoms with van der Waals surface area (Å²) in [6.45, 7) is 4.21. The van der Waals surface area contributed by atoms with Crippen LogP contribution in [0.4, 0.5) is 5.95 Å². The molecule has 0 amide bonds. The molecule has 2 aliphatic rings. The number of nitrogens with zero attached hydrogens (tertiary/aromatic N) is 5. The summed E-state index contributed by atoms with van der Waals surface area (Å²) in [6.07, 6.45) is 10.8. The number of hydrogen-bond acceptors (Lipinski definition) is 5. The number of rotatable bonds is 4. The molecule has 0 unspecified atom stereocenters.